The number of rotatable bonds is 2. The van der Waals surface area contributed by atoms with Crippen molar-refractivity contribution in [3.05, 3.63) is 34.7 Å². The molecular formula is C10H11NO2S2. The summed E-state index contributed by atoms with van der Waals surface area (Å²) in [5.74, 6) is 0.425. The Labute approximate surface area is 94.3 Å². The Balaban J connectivity index is 2.67. The van der Waals surface area contributed by atoms with E-state index >= 15 is 0 Å². The number of sulfone groups is 1. The summed E-state index contributed by atoms with van der Waals surface area (Å²) >= 11 is 4.11. The first-order valence-corrected chi connectivity index (χ1v) is 6.66. The van der Waals surface area contributed by atoms with E-state index in [-0.39, 0.29) is 0 Å². The highest BCUT2D eigenvalue weighted by Crippen LogP contribution is 2.34. The van der Waals surface area contributed by atoms with Crippen LogP contribution in [0.15, 0.2) is 28.5 Å². The van der Waals surface area contributed by atoms with Crippen LogP contribution in [0.5, 0.6) is 0 Å². The number of fused-ring (bicyclic) bond motifs is 1. The van der Waals surface area contributed by atoms with Crippen molar-refractivity contribution in [1.29, 1.82) is 0 Å². The quantitative estimate of drug-likeness (QED) is 0.765. The maximum absolute atomic E-state index is 11.7. The van der Waals surface area contributed by atoms with Gasteiger partial charge < -0.3 is 5.73 Å². The largest absolute Gasteiger partial charge is 0.326 e. The molecule has 0 amide bonds. The molecule has 0 fully saturated rings. The highest BCUT2D eigenvalue weighted by molar-refractivity contribution is 7.95. The Hall–Kier alpha value is -0.780. The molecule has 0 aliphatic carbocycles. The molecule has 0 spiro atoms. The molecule has 3 nitrogen and oxygen atoms in total. The van der Waals surface area contributed by atoms with Gasteiger partial charge in [-0.2, -0.15) is 12.6 Å². The van der Waals surface area contributed by atoms with Crippen molar-refractivity contribution >= 4 is 28.0 Å². The van der Waals surface area contributed by atoms with Crippen LogP contribution in [0.3, 0.4) is 0 Å². The van der Waals surface area contributed by atoms with Crippen molar-refractivity contribution in [2.75, 3.05) is 5.75 Å². The van der Waals surface area contributed by atoms with Crippen LogP contribution in [0, 0.1) is 0 Å². The third kappa shape index (κ3) is 1.71. The first-order valence-electron chi connectivity index (χ1n) is 4.48. The number of hydrogen-bond acceptors (Lipinski definition) is 4. The molecule has 15 heavy (non-hydrogen) atoms. The standard InChI is InChI=1S/C10H11NO2S2/c11-4-7-1-2-9-8(5-14)6-15(12,13)10(9)3-7/h1-3,6,14H,4-5,11H2. The predicted octanol–water partition coefficient (Wildman–Crippen LogP) is 1.20. The van der Waals surface area contributed by atoms with Gasteiger partial charge in [-0.25, -0.2) is 8.42 Å². The Morgan fingerprint density at radius 1 is 1.33 bits per heavy atom. The van der Waals surface area contributed by atoms with Crippen LogP contribution in [-0.4, -0.2) is 14.2 Å². The highest BCUT2D eigenvalue weighted by Gasteiger charge is 2.25. The van der Waals surface area contributed by atoms with Gasteiger partial charge in [0.1, 0.15) is 0 Å². The summed E-state index contributed by atoms with van der Waals surface area (Å²) in [6.45, 7) is 0.346. The van der Waals surface area contributed by atoms with Gasteiger partial charge in [0.05, 0.1) is 4.90 Å². The van der Waals surface area contributed by atoms with Crippen LogP contribution in [0.1, 0.15) is 11.1 Å². The van der Waals surface area contributed by atoms with E-state index in [0.717, 1.165) is 16.7 Å². The smallest absolute Gasteiger partial charge is 0.200 e. The van der Waals surface area contributed by atoms with E-state index in [9.17, 15) is 8.42 Å². The topological polar surface area (TPSA) is 60.2 Å². The van der Waals surface area contributed by atoms with Crippen LogP contribution in [-0.2, 0) is 16.4 Å². The summed E-state index contributed by atoms with van der Waals surface area (Å²) in [5.41, 5.74) is 7.80. The van der Waals surface area contributed by atoms with Crippen molar-refractivity contribution in [2.45, 2.75) is 11.4 Å². The minimum atomic E-state index is -3.27. The summed E-state index contributed by atoms with van der Waals surface area (Å²) in [7, 11) is -3.27. The number of hydrogen-bond donors (Lipinski definition) is 2. The van der Waals surface area contributed by atoms with E-state index < -0.39 is 9.84 Å². The van der Waals surface area contributed by atoms with Gasteiger partial charge in [0.2, 0.25) is 9.84 Å². The van der Waals surface area contributed by atoms with Crippen LogP contribution in [0.2, 0.25) is 0 Å². The monoisotopic (exact) mass is 241 g/mol. The average Bonchev–Trinajstić information content (AvgIpc) is 2.50. The number of benzene rings is 1. The molecule has 80 valence electrons. The lowest BCUT2D eigenvalue weighted by Crippen LogP contribution is -2.00. The van der Waals surface area contributed by atoms with E-state index in [1.807, 2.05) is 6.07 Å². The number of thiol groups is 1. The molecule has 0 bridgehead atoms. The van der Waals surface area contributed by atoms with E-state index in [1.165, 1.54) is 5.41 Å². The molecular weight excluding hydrogens is 230 g/mol. The fraction of sp³-hybridized carbons (Fsp3) is 0.200. The minimum absolute atomic E-state index is 0.346. The van der Waals surface area contributed by atoms with Gasteiger partial charge in [-0.1, -0.05) is 12.1 Å². The van der Waals surface area contributed by atoms with E-state index in [1.54, 1.807) is 12.1 Å². The second kappa shape index (κ2) is 3.66. The predicted molar refractivity (Wildman–Crippen MR) is 63.3 cm³/mol. The molecule has 1 aromatic rings. The molecule has 0 saturated heterocycles. The van der Waals surface area contributed by atoms with Crippen LogP contribution < -0.4 is 5.73 Å². The van der Waals surface area contributed by atoms with Gasteiger partial charge in [-0.3, -0.25) is 0 Å². The zero-order valence-corrected chi connectivity index (χ0v) is 9.68. The van der Waals surface area contributed by atoms with Gasteiger partial charge in [0, 0.05) is 17.7 Å². The molecule has 0 atom stereocenters. The van der Waals surface area contributed by atoms with Crippen molar-refractivity contribution in [3.8, 4) is 0 Å². The molecule has 0 radical (unpaired) electrons. The Morgan fingerprint density at radius 3 is 2.67 bits per heavy atom. The summed E-state index contributed by atoms with van der Waals surface area (Å²) in [5, 5.41) is 1.28. The molecule has 0 saturated carbocycles. The van der Waals surface area contributed by atoms with Crippen molar-refractivity contribution in [1.82, 2.24) is 0 Å². The Morgan fingerprint density at radius 2 is 2.07 bits per heavy atom. The third-order valence-electron chi connectivity index (χ3n) is 2.40. The summed E-state index contributed by atoms with van der Waals surface area (Å²) < 4.78 is 23.5. The lowest BCUT2D eigenvalue weighted by Gasteiger charge is -2.03. The van der Waals surface area contributed by atoms with Gasteiger partial charge in [0.25, 0.3) is 0 Å². The normalized spacial score (nSPS) is 17.3. The maximum Gasteiger partial charge on any atom is 0.200 e. The fourth-order valence-electron chi connectivity index (χ4n) is 1.63. The first-order chi connectivity index (χ1) is 7.08. The van der Waals surface area contributed by atoms with Crippen molar-refractivity contribution in [3.63, 3.8) is 0 Å². The third-order valence-corrected chi connectivity index (χ3v) is 4.29. The van der Waals surface area contributed by atoms with E-state index in [4.69, 9.17) is 5.73 Å². The SMILES string of the molecule is NCc1ccc2c(c1)S(=O)(=O)C=C2CS. The lowest BCUT2D eigenvalue weighted by atomic mass is 10.1. The minimum Gasteiger partial charge on any atom is -0.326 e. The first kappa shape index (κ1) is 10.7. The molecule has 2 rings (SSSR count). The van der Waals surface area contributed by atoms with Gasteiger partial charge in [-0.05, 0) is 22.8 Å². The van der Waals surface area contributed by atoms with Crippen LogP contribution in [0.25, 0.3) is 5.57 Å². The zero-order chi connectivity index (χ0) is 11.1. The lowest BCUT2D eigenvalue weighted by molar-refractivity contribution is 0.605. The molecule has 0 aromatic heterocycles. The second-order valence-electron chi connectivity index (χ2n) is 3.38. The molecule has 1 heterocycles. The maximum atomic E-state index is 11.7. The average molecular weight is 241 g/mol. The van der Waals surface area contributed by atoms with Crippen molar-refractivity contribution < 1.29 is 8.42 Å². The molecule has 1 aliphatic heterocycles. The molecule has 1 aliphatic rings. The summed E-state index contributed by atoms with van der Waals surface area (Å²) in [4.78, 5) is 0.356. The summed E-state index contributed by atoms with van der Waals surface area (Å²) in [6.07, 6.45) is 0. The van der Waals surface area contributed by atoms with Crippen LogP contribution >= 0.6 is 12.6 Å². The number of nitrogens with two attached hydrogens (primary N) is 1. The molecule has 5 heteroatoms. The van der Waals surface area contributed by atoms with Gasteiger partial charge in [0.15, 0.2) is 0 Å². The van der Waals surface area contributed by atoms with Crippen molar-refractivity contribution in [2.24, 2.45) is 5.73 Å². The molecule has 2 N–H and O–H groups in total. The van der Waals surface area contributed by atoms with Gasteiger partial charge >= 0.3 is 0 Å². The van der Waals surface area contributed by atoms with Gasteiger partial charge in [-0.15, -0.1) is 0 Å². The Bertz CT molecular complexity index is 532. The van der Waals surface area contributed by atoms with Crippen LogP contribution in [0.4, 0.5) is 0 Å². The Kier molecular flexibility index (Phi) is 2.62. The highest BCUT2D eigenvalue weighted by atomic mass is 32.2. The molecule has 0 unspecified atom stereocenters. The molecule has 1 aromatic carbocycles. The zero-order valence-electron chi connectivity index (χ0n) is 7.97. The van der Waals surface area contributed by atoms with E-state index in [0.29, 0.717) is 17.2 Å². The van der Waals surface area contributed by atoms with E-state index in [2.05, 4.69) is 12.6 Å². The summed E-state index contributed by atoms with van der Waals surface area (Å²) in [6, 6.07) is 5.28. The second-order valence-corrected chi connectivity index (χ2v) is 5.46. The fourth-order valence-corrected chi connectivity index (χ4v) is 3.55.